The summed E-state index contributed by atoms with van der Waals surface area (Å²) in [5.74, 6) is 0.0770. The van der Waals surface area contributed by atoms with Crippen molar-refractivity contribution in [3.05, 3.63) is 33.8 Å². The SMILES string of the molecule is CCC(=O)N[C@@H]1CCCN(C[C@H](O)c2ccc(Cl)cc2Cl)C1. The second-order valence-electron chi connectivity index (χ2n) is 5.70. The van der Waals surface area contributed by atoms with E-state index >= 15 is 0 Å². The fourth-order valence-corrected chi connectivity index (χ4v) is 3.32. The Morgan fingerprint density at radius 3 is 2.95 bits per heavy atom. The van der Waals surface area contributed by atoms with E-state index in [1.807, 2.05) is 6.92 Å². The summed E-state index contributed by atoms with van der Waals surface area (Å²) < 4.78 is 0. The Morgan fingerprint density at radius 1 is 1.50 bits per heavy atom. The molecule has 1 amide bonds. The smallest absolute Gasteiger partial charge is 0.219 e. The van der Waals surface area contributed by atoms with E-state index in [1.54, 1.807) is 18.2 Å². The van der Waals surface area contributed by atoms with Crippen LogP contribution in [0.3, 0.4) is 0 Å². The number of halogens is 2. The van der Waals surface area contributed by atoms with Gasteiger partial charge in [0, 0.05) is 41.2 Å². The number of piperidine rings is 1. The molecule has 2 rings (SSSR count). The zero-order valence-corrected chi connectivity index (χ0v) is 14.2. The summed E-state index contributed by atoms with van der Waals surface area (Å²) in [6, 6.07) is 5.29. The molecule has 1 aromatic rings. The lowest BCUT2D eigenvalue weighted by Gasteiger charge is -2.34. The van der Waals surface area contributed by atoms with E-state index in [-0.39, 0.29) is 11.9 Å². The standard InChI is InChI=1S/C16H22Cl2N2O2/c1-2-16(22)19-12-4-3-7-20(9-12)10-15(21)13-6-5-11(17)8-14(13)18/h5-6,8,12,15,21H,2-4,7,9-10H2,1H3,(H,19,22)/t12-,15+/m1/s1. The second kappa shape index (κ2) is 8.16. The normalized spacial score (nSPS) is 20.6. The van der Waals surface area contributed by atoms with Crippen molar-refractivity contribution in [1.82, 2.24) is 10.2 Å². The van der Waals surface area contributed by atoms with Crippen LogP contribution in [0, 0.1) is 0 Å². The molecule has 2 atom stereocenters. The van der Waals surface area contributed by atoms with Gasteiger partial charge in [0.2, 0.25) is 5.91 Å². The summed E-state index contributed by atoms with van der Waals surface area (Å²) in [6.07, 6.45) is 1.83. The number of aliphatic hydroxyl groups excluding tert-OH is 1. The highest BCUT2D eigenvalue weighted by molar-refractivity contribution is 6.35. The first kappa shape index (κ1) is 17.5. The molecule has 1 fully saturated rings. The third-order valence-corrected chi connectivity index (χ3v) is 4.51. The Balaban J connectivity index is 1.93. The summed E-state index contributed by atoms with van der Waals surface area (Å²) in [6.45, 7) is 4.02. The van der Waals surface area contributed by atoms with Crippen molar-refractivity contribution in [2.24, 2.45) is 0 Å². The first-order valence-corrected chi connectivity index (χ1v) is 8.40. The summed E-state index contributed by atoms with van der Waals surface area (Å²) in [4.78, 5) is 13.7. The van der Waals surface area contributed by atoms with E-state index in [4.69, 9.17) is 23.2 Å². The van der Waals surface area contributed by atoms with Gasteiger partial charge in [0.1, 0.15) is 0 Å². The Labute approximate surface area is 141 Å². The molecule has 0 aliphatic carbocycles. The first-order valence-electron chi connectivity index (χ1n) is 7.64. The highest BCUT2D eigenvalue weighted by atomic mass is 35.5. The van der Waals surface area contributed by atoms with Crippen molar-refractivity contribution in [1.29, 1.82) is 0 Å². The van der Waals surface area contributed by atoms with Gasteiger partial charge in [-0.1, -0.05) is 36.2 Å². The molecule has 0 aromatic heterocycles. The van der Waals surface area contributed by atoms with Crippen LogP contribution in [-0.4, -0.2) is 41.6 Å². The zero-order valence-electron chi connectivity index (χ0n) is 12.7. The number of carbonyl (C=O) groups is 1. The first-order chi connectivity index (χ1) is 10.5. The van der Waals surface area contributed by atoms with Crippen LogP contribution < -0.4 is 5.32 Å². The van der Waals surface area contributed by atoms with Crippen molar-refractivity contribution in [2.45, 2.75) is 38.3 Å². The van der Waals surface area contributed by atoms with E-state index in [2.05, 4.69) is 10.2 Å². The molecule has 0 bridgehead atoms. The van der Waals surface area contributed by atoms with Gasteiger partial charge in [0.15, 0.2) is 0 Å². The molecular formula is C16H22Cl2N2O2. The van der Waals surface area contributed by atoms with Crippen LogP contribution in [-0.2, 0) is 4.79 Å². The maximum Gasteiger partial charge on any atom is 0.219 e. The molecule has 2 N–H and O–H groups in total. The minimum atomic E-state index is -0.662. The van der Waals surface area contributed by atoms with Crippen LogP contribution in [0.5, 0.6) is 0 Å². The maximum absolute atomic E-state index is 11.5. The molecule has 1 aliphatic rings. The molecule has 0 spiro atoms. The topological polar surface area (TPSA) is 52.6 Å². The Hall–Kier alpha value is -0.810. The molecule has 122 valence electrons. The summed E-state index contributed by atoms with van der Waals surface area (Å²) in [5.41, 5.74) is 0.686. The van der Waals surface area contributed by atoms with E-state index in [0.29, 0.717) is 28.6 Å². The lowest BCUT2D eigenvalue weighted by molar-refractivity contribution is -0.121. The number of nitrogens with one attached hydrogen (secondary N) is 1. The Bertz CT molecular complexity index is 525. The highest BCUT2D eigenvalue weighted by Gasteiger charge is 2.23. The van der Waals surface area contributed by atoms with Gasteiger partial charge in [0.25, 0.3) is 0 Å². The quantitative estimate of drug-likeness (QED) is 0.863. The van der Waals surface area contributed by atoms with Crippen molar-refractivity contribution >= 4 is 29.1 Å². The average molecular weight is 345 g/mol. The monoisotopic (exact) mass is 344 g/mol. The van der Waals surface area contributed by atoms with Gasteiger partial charge in [-0.05, 0) is 31.5 Å². The van der Waals surface area contributed by atoms with Crippen LogP contribution in [0.25, 0.3) is 0 Å². The van der Waals surface area contributed by atoms with E-state index in [0.717, 1.165) is 25.9 Å². The fraction of sp³-hybridized carbons (Fsp3) is 0.562. The number of carbonyl (C=O) groups excluding carboxylic acids is 1. The number of hydrogen-bond acceptors (Lipinski definition) is 3. The van der Waals surface area contributed by atoms with Gasteiger partial charge in [0.05, 0.1) is 6.10 Å². The predicted octanol–water partition coefficient (Wildman–Crippen LogP) is 3.02. The maximum atomic E-state index is 11.5. The van der Waals surface area contributed by atoms with Crippen molar-refractivity contribution in [2.75, 3.05) is 19.6 Å². The van der Waals surface area contributed by atoms with Crippen LogP contribution in [0.15, 0.2) is 18.2 Å². The molecule has 1 aromatic carbocycles. The average Bonchev–Trinajstić information content (AvgIpc) is 2.47. The third-order valence-electron chi connectivity index (χ3n) is 3.94. The number of nitrogens with zero attached hydrogens (tertiary/aromatic N) is 1. The van der Waals surface area contributed by atoms with Gasteiger partial charge >= 0.3 is 0 Å². The Kier molecular flexibility index (Phi) is 6.50. The summed E-state index contributed by atoms with van der Waals surface area (Å²) >= 11 is 12.0. The van der Waals surface area contributed by atoms with Gasteiger partial charge in [-0.25, -0.2) is 0 Å². The van der Waals surface area contributed by atoms with Gasteiger partial charge in [-0.2, -0.15) is 0 Å². The van der Waals surface area contributed by atoms with Crippen molar-refractivity contribution in [3.8, 4) is 0 Å². The minimum Gasteiger partial charge on any atom is -0.387 e. The number of likely N-dealkylation sites (tertiary alicyclic amines) is 1. The number of β-amino-alcohol motifs (C(OH)–C–C–N with tert-alkyl or cyclic N) is 1. The third kappa shape index (κ3) is 4.85. The molecular weight excluding hydrogens is 323 g/mol. The highest BCUT2D eigenvalue weighted by Crippen LogP contribution is 2.27. The summed E-state index contributed by atoms with van der Waals surface area (Å²) in [7, 11) is 0. The summed E-state index contributed by atoms with van der Waals surface area (Å²) in [5, 5.41) is 14.5. The van der Waals surface area contributed by atoms with E-state index in [1.165, 1.54) is 0 Å². The molecule has 0 radical (unpaired) electrons. The molecule has 0 saturated carbocycles. The van der Waals surface area contributed by atoms with Crippen molar-refractivity contribution in [3.63, 3.8) is 0 Å². The van der Waals surface area contributed by atoms with Crippen LogP contribution in [0.4, 0.5) is 0 Å². The van der Waals surface area contributed by atoms with E-state index < -0.39 is 6.10 Å². The minimum absolute atomic E-state index is 0.0770. The molecule has 6 heteroatoms. The fourth-order valence-electron chi connectivity index (χ4n) is 2.78. The van der Waals surface area contributed by atoms with Gasteiger partial charge < -0.3 is 10.4 Å². The number of benzene rings is 1. The van der Waals surface area contributed by atoms with Crippen LogP contribution >= 0.6 is 23.2 Å². The number of aliphatic hydroxyl groups is 1. The lowest BCUT2D eigenvalue weighted by Crippen LogP contribution is -2.48. The van der Waals surface area contributed by atoms with Gasteiger partial charge in [-0.3, -0.25) is 9.69 Å². The van der Waals surface area contributed by atoms with Crippen LogP contribution in [0.1, 0.15) is 37.9 Å². The van der Waals surface area contributed by atoms with Crippen molar-refractivity contribution < 1.29 is 9.90 Å². The van der Waals surface area contributed by atoms with Crippen LogP contribution in [0.2, 0.25) is 10.0 Å². The number of rotatable bonds is 5. The predicted molar refractivity (Wildman–Crippen MR) is 89.3 cm³/mol. The second-order valence-corrected chi connectivity index (χ2v) is 6.55. The molecule has 1 aliphatic heterocycles. The zero-order chi connectivity index (χ0) is 16.1. The van der Waals surface area contributed by atoms with E-state index in [9.17, 15) is 9.90 Å². The molecule has 22 heavy (non-hydrogen) atoms. The number of amides is 1. The molecule has 0 unspecified atom stereocenters. The Morgan fingerprint density at radius 2 is 2.27 bits per heavy atom. The largest absolute Gasteiger partial charge is 0.387 e. The van der Waals surface area contributed by atoms with Gasteiger partial charge in [-0.15, -0.1) is 0 Å². The lowest BCUT2D eigenvalue weighted by atomic mass is 10.0. The molecule has 1 saturated heterocycles. The molecule has 4 nitrogen and oxygen atoms in total. The number of hydrogen-bond donors (Lipinski definition) is 2. The molecule has 1 heterocycles.